The number of rotatable bonds is 40. The molecule has 0 heterocycles. The highest BCUT2D eigenvalue weighted by molar-refractivity contribution is 7.47. The van der Waals surface area contributed by atoms with Crippen molar-refractivity contribution in [1.29, 1.82) is 0 Å². The first-order chi connectivity index (χ1) is 27.1. The highest BCUT2D eigenvalue weighted by atomic mass is 31.2. The van der Waals surface area contributed by atoms with Crippen LogP contribution in [-0.4, -0.2) is 76.9 Å². The summed E-state index contributed by atoms with van der Waals surface area (Å²) in [4.78, 5) is 35.0. The SMILES string of the molecule is CCCCCC/C=C\CCCCCCCCCC(=O)OC[C@H](COP(=O)(O)OC[C@@H](O)CO)OC(=O)CCCC(O)/C=C/C=C/C/C=C/CCCCCCCC. The van der Waals surface area contributed by atoms with Gasteiger partial charge in [-0.05, 0) is 64.2 Å². The van der Waals surface area contributed by atoms with Gasteiger partial charge in [0.25, 0.3) is 0 Å². The minimum atomic E-state index is -4.67. The number of phosphoric acid groups is 1. The zero-order chi connectivity index (χ0) is 41.4. The van der Waals surface area contributed by atoms with Crippen LogP contribution in [0.3, 0.4) is 0 Å². The number of ether oxygens (including phenoxy) is 2. The number of allylic oxidation sites excluding steroid dienone is 7. The molecule has 0 saturated heterocycles. The lowest BCUT2D eigenvalue weighted by Crippen LogP contribution is -2.30. The van der Waals surface area contributed by atoms with Crippen LogP contribution in [0.15, 0.2) is 48.6 Å². The Labute approximate surface area is 339 Å². The first kappa shape index (κ1) is 53.9. The molecule has 56 heavy (non-hydrogen) atoms. The summed E-state index contributed by atoms with van der Waals surface area (Å²) in [6, 6.07) is 0. The molecular weight excluding hydrogens is 735 g/mol. The van der Waals surface area contributed by atoms with Gasteiger partial charge in [0.1, 0.15) is 12.7 Å². The van der Waals surface area contributed by atoms with Gasteiger partial charge in [-0.3, -0.25) is 18.6 Å². The van der Waals surface area contributed by atoms with Crippen LogP contribution in [0.1, 0.15) is 174 Å². The van der Waals surface area contributed by atoms with E-state index in [4.69, 9.17) is 19.1 Å². The number of carbonyl (C=O) groups excluding carboxylic acids is 2. The van der Waals surface area contributed by atoms with Crippen molar-refractivity contribution in [2.45, 2.75) is 193 Å². The standard InChI is InChI=1S/C44H79O11P/c1-3-5-7-9-11-13-15-17-18-20-22-24-26-28-30-34-43(48)52-38-42(39-54-56(50,51)53-37-41(47)36-45)55-44(49)35-31-33-40(46)32-29-27-25-23-21-19-16-14-12-10-8-6-4-2/h13,15,19,21,25,27,29,32,40-42,45-47H,3-12,14,16-18,20,22-24,26,28,30-31,33-39H2,1-2H3,(H,50,51)/b15-13-,21-19+,27-25+,32-29+/t40?,41-,42+/m0/s1. The molecular formula is C44H79O11P. The van der Waals surface area contributed by atoms with E-state index in [1.54, 1.807) is 12.2 Å². The Kier molecular flexibility index (Phi) is 38.2. The van der Waals surface area contributed by atoms with Crippen LogP contribution in [0.25, 0.3) is 0 Å². The lowest BCUT2D eigenvalue weighted by Gasteiger charge is -2.20. The summed E-state index contributed by atoms with van der Waals surface area (Å²) in [5.41, 5.74) is 0. The molecule has 0 rings (SSSR count). The summed E-state index contributed by atoms with van der Waals surface area (Å²) < 4.78 is 32.5. The first-order valence-electron chi connectivity index (χ1n) is 21.7. The summed E-state index contributed by atoms with van der Waals surface area (Å²) in [5.74, 6) is -1.13. The van der Waals surface area contributed by atoms with E-state index in [2.05, 4.69) is 42.7 Å². The maximum atomic E-state index is 12.6. The van der Waals surface area contributed by atoms with Crippen LogP contribution in [0.5, 0.6) is 0 Å². The van der Waals surface area contributed by atoms with Gasteiger partial charge in [-0.25, -0.2) is 4.57 Å². The Balaban J connectivity index is 4.50. The maximum Gasteiger partial charge on any atom is 0.472 e. The van der Waals surface area contributed by atoms with E-state index >= 15 is 0 Å². The Morgan fingerprint density at radius 2 is 1.12 bits per heavy atom. The van der Waals surface area contributed by atoms with Crippen LogP contribution in [0.4, 0.5) is 0 Å². The zero-order valence-electron chi connectivity index (χ0n) is 35.0. The topological polar surface area (TPSA) is 169 Å². The molecule has 2 unspecified atom stereocenters. The molecule has 0 aliphatic carbocycles. The van der Waals surface area contributed by atoms with Crippen molar-refractivity contribution in [3.63, 3.8) is 0 Å². The molecule has 4 N–H and O–H groups in total. The minimum Gasteiger partial charge on any atom is -0.462 e. The largest absolute Gasteiger partial charge is 0.472 e. The van der Waals surface area contributed by atoms with Crippen LogP contribution in [0, 0.1) is 0 Å². The second-order valence-electron chi connectivity index (χ2n) is 14.6. The Hall–Kier alpha value is -2.11. The number of aliphatic hydroxyl groups excluding tert-OH is 3. The van der Waals surface area contributed by atoms with Crippen LogP contribution >= 0.6 is 7.82 Å². The van der Waals surface area contributed by atoms with Crippen molar-refractivity contribution in [3.8, 4) is 0 Å². The number of carbonyl (C=O) groups is 2. The van der Waals surface area contributed by atoms with Crippen LogP contribution in [0.2, 0.25) is 0 Å². The molecule has 0 fully saturated rings. The fraction of sp³-hybridized carbons (Fsp3) is 0.773. The summed E-state index contributed by atoms with van der Waals surface area (Å²) in [6.07, 6.45) is 38.2. The lowest BCUT2D eigenvalue weighted by molar-refractivity contribution is -0.161. The second-order valence-corrected chi connectivity index (χ2v) is 16.0. The molecule has 0 aromatic heterocycles. The van der Waals surface area contributed by atoms with Crippen molar-refractivity contribution in [3.05, 3.63) is 48.6 Å². The molecule has 0 aliphatic heterocycles. The van der Waals surface area contributed by atoms with E-state index in [0.29, 0.717) is 19.3 Å². The monoisotopic (exact) mass is 815 g/mol. The Morgan fingerprint density at radius 1 is 0.607 bits per heavy atom. The van der Waals surface area contributed by atoms with E-state index in [0.717, 1.165) is 38.5 Å². The molecule has 0 amide bonds. The van der Waals surface area contributed by atoms with Gasteiger partial charge in [0.15, 0.2) is 6.10 Å². The van der Waals surface area contributed by atoms with Gasteiger partial charge >= 0.3 is 19.8 Å². The van der Waals surface area contributed by atoms with Crippen molar-refractivity contribution in [2.24, 2.45) is 0 Å². The first-order valence-corrected chi connectivity index (χ1v) is 23.2. The molecule has 0 aliphatic rings. The van der Waals surface area contributed by atoms with Gasteiger partial charge in [0.05, 0.1) is 25.9 Å². The Bertz CT molecular complexity index is 1090. The van der Waals surface area contributed by atoms with Crippen LogP contribution in [-0.2, 0) is 32.7 Å². The molecule has 4 atom stereocenters. The number of hydrogen-bond donors (Lipinski definition) is 4. The van der Waals surface area contributed by atoms with Crippen LogP contribution < -0.4 is 0 Å². The van der Waals surface area contributed by atoms with Crippen molar-refractivity contribution >= 4 is 19.8 Å². The van der Waals surface area contributed by atoms with E-state index < -0.39 is 57.9 Å². The third-order valence-corrected chi connectivity index (χ3v) is 10.0. The highest BCUT2D eigenvalue weighted by Crippen LogP contribution is 2.43. The molecule has 0 spiro atoms. The number of aliphatic hydroxyl groups is 3. The fourth-order valence-electron chi connectivity index (χ4n) is 5.64. The number of unbranched alkanes of at least 4 members (excludes halogenated alkanes) is 17. The van der Waals surface area contributed by atoms with E-state index in [-0.39, 0.29) is 19.4 Å². The fourth-order valence-corrected chi connectivity index (χ4v) is 6.43. The average Bonchev–Trinajstić information content (AvgIpc) is 3.18. The van der Waals surface area contributed by atoms with E-state index in [1.165, 1.54) is 89.9 Å². The summed E-state index contributed by atoms with van der Waals surface area (Å²) in [5, 5.41) is 28.6. The number of hydrogen-bond acceptors (Lipinski definition) is 10. The second kappa shape index (κ2) is 39.7. The average molecular weight is 815 g/mol. The van der Waals surface area contributed by atoms with E-state index in [9.17, 15) is 29.3 Å². The predicted octanol–water partition coefficient (Wildman–Crippen LogP) is 10.3. The van der Waals surface area contributed by atoms with Crippen molar-refractivity contribution < 1.29 is 52.9 Å². The summed E-state index contributed by atoms with van der Waals surface area (Å²) in [6.45, 7) is 2.13. The van der Waals surface area contributed by atoms with Crippen molar-refractivity contribution in [1.82, 2.24) is 0 Å². The van der Waals surface area contributed by atoms with Gasteiger partial charge in [0.2, 0.25) is 0 Å². The predicted molar refractivity (Wildman–Crippen MR) is 225 cm³/mol. The van der Waals surface area contributed by atoms with Gasteiger partial charge in [-0.1, -0.05) is 146 Å². The molecule has 12 heteroatoms. The van der Waals surface area contributed by atoms with Gasteiger partial charge in [-0.15, -0.1) is 0 Å². The third kappa shape index (κ3) is 38.7. The normalized spacial score (nSPS) is 14.9. The zero-order valence-corrected chi connectivity index (χ0v) is 35.8. The minimum absolute atomic E-state index is 0.0413. The molecule has 0 saturated carbocycles. The molecule has 0 bridgehead atoms. The number of esters is 2. The number of phosphoric ester groups is 1. The third-order valence-electron chi connectivity index (χ3n) is 9.06. The summed E-state index contributed by atoms with van der Waals surface area (Å²) in [7, 11) is -4.67. The van der Waals surface area contributed by atoms with Gasteiger partial charge in [-0.2, -0.15) is 0 Å². The lowest BCUT2D eigenvalue weighted by atomic mass is 10.1. The Morgan fingerprint density at radius 3 is 1.73 bits per heavy atom. The maximum absolute atomic E-state index is 12.6. The van der Waals surface area contributed by atoms with Gasteiger partial charge in [0, 0.05) is 12.8 Å². The van der Waals surface area contributed by atoms with Crippen molar-refractivity contribution in [2.75, 3.05) is 26.4 Å². The molecule has 0 radical (unpaired) electrons. The summed E-state index contributed by atoms with van der Waals surface area (Å²) >= 11 is 0. The van der Waals surface area contributed by atoms with E-state index in [1.807, 2.05) is 12.2 Å². The smallest absolute Gasteiger partial charge is 0.462 e. The van der Waals surface area contributed by atoms with Gasteiger partial charge < -0.3 is 29.7 Å². The molecule has 0 aromatic carbocycles. The molecule has 0 aromatic rings. The quantitative estimate of drug-likeness (QED) is 0.0153. The molecule has 11 nitrogen and oxygen atoms in total. The molecule has 326 valence electrons. The highest BCUT2D eigenvalue weighted by Gasteiger charge is 2.27.